The molecule has 0 aliphatic carbocycles. The first-order chi connectivity index (χ1) is 7.32. The van der Waals surface area contributed by atoms with Crippen molar-refractivity contribution in [3.63, 3.8) is 0 Å². The summed E-state index contributed by atoms with van der Waals surface area (Å²) in [6, 6.07) is 5.42. The van der Waals surface area contributed by atoms with Crippen molar-refractivity contribution in [3.05, 3.63) is 29.8 Å². The van der Waals surface area contributed by atoms with Gasteiger partial charge < -0.3 is 10.5 Å². The van der Waals surface area contributed by atoms with Gasteiger partial charge in [0.2, 0.25) is 6.10 Å². The highest BCUT2D eigenvalue weighted by atomic mass is 19.4. The fraction of sp³-hybridized carbons (Fsp3) is 0.455. The SMILES string of the molecule is Cc1ccccc1OC(C(C)N)C(F)(F)F. The van der Waals surface area contributed by atoms with Crippen molar-refractivity contribution in [2.24, 2.45) is 5.73 Å². The summed E-state index contributed by atoms with van der Waals surface area (Å²) in [4.78, 5) is 0. The van der Waals surface area contributed by atoms with Crippen molar-refractivity contribution in [2.75, 3.05) is 0 Å². The van der Waals surface area contributed by atoms with Gasteiger partial charge in [-0.2, -0.15) is 13.2 Å². The van der Waals surface area contributed by atoms with E-state index < -0.39 is 18.3 Å². The van der Waals surface area contributed by atoms with Crippen LogP contribution in [0.25, 0.3) is 0 Å². The van der Waals surface area contributed by atoms with Gasteiger partial charge in [0.25, 0.3) is 0 Å². The second kappa shape index (κ2) is 4.74. The van der Waals surface area contributed by atoms with Crippen molar-refractivity contribution in [2.45, 2.75) is 32.2 Å². The molecule has 0 spiro atoms. The molecule has 0 aliphatic rings. The van der Waals surface area contributed by atoms with Gasteiger partial charge in [-0.15, -0.1) is 0 Å². The molecular weight excluding hydrogens is 219 g/mol. The summed E-state index contributed by atoms with van der Waals surface area (Å²) in [7, 11) is 0. The molecule has 5 heteroatoms. The van der Waals surface area contributed by atoms with Crippen molar-refractivity contribution < 1.29 is 17.9 Å². The van der Waals surface area contributed by atoms with Crippen molar-refractivity contribution in [3.8, 4) is 5.75 Å². The lowest BCUT2D eigenvalue weighted by Crippen LogP contribution is -2.47. The van der Waals surface area contributed by atoms with Crippen LogP contribution >= 0.6 is 0 Å². The molecule has 0 heterocycles. The van der Waals surface area contributed by atoms with Gasteiger partial charge in [-0.25, -0.2) is 0 Å². The average Bonchev–Trinajstić information content (AvgIpc) is 2.14. The van der Waals surface area contributed by atoms with E-state index in [2.05, 4.69) is 0 Å². The number of alkyl halides is 3. The van der Waals surface area contributed by atoms with E-state index in [-0.39, 0.29) is 5.75 Å². The highest BCUT2D eigenvalue weighted by Crippen LogP contribution is 2.28. The maximum Gasteiger partial charge on any atom is 0.426 e. The molecule has 2 unspecified atom stereocenters. The largest absolute Gasteiger partial charge is 0.479 e. The average molecular weight is 233 g/mol. The highest BCUT2D eigenvalue weighted by molar-refractivity contribution is 5.32. The molecule has 0 radical (unpaired) electrons. The zero-order valence-electron chi connectivity index (χ0n) is 9.08. The molecule has 2 N–H and O–H groups in total. The van der Waals surface area contributed by atoms with E-state index in [1.165, 1.54) is 13.0 Å². The number of benzene rings is 1. The van der Waals surface area contributed by atoms with E-state index in [1.54, 1.807) is 25.1 Å². The number of hydrogen-bond acceptors (Lipinski definition) is 2. The van der Waals surface area contributed by atoms with Crippen LogP contribution in [0.1, 0.15) is 12.5 Å². The van der Waals surface area contributed by atoms with Gasteiger partial charge in [-0.05, 0) is 25.5 Å². The zero-order valence-corrected chi connectivity index (χ0v) is 9.08. The van der Waals surface area contributed by atoms with Gasteiger partial charge in [-0.3, -0.25) is 0 Å². The van der Waals surface area contributed by atoms with E-state index in [4.69, 9.17) is 10.5 Å². The summed E-state index contributed by atoms with van der Waals surface area (Å²) in [5.41, 5.74) is 5.93. The van der Waals surface area contributed by atoms with Gasteiger partial charge in [0.1, 0.15) is 5.75 Å². The first kappa shape index (κ1) is 12.8. The van der Waals surface area contributed by atoms with E-state index in [9.17, 15) is 13.2 Å². The molecule has 0 aromatic heterocycles. The molecule has 2 atom stereocenters. The Morgan fingerprint density at radius 3 is 2.25 bits per heavy atom. The molecule has 1 aromatic carbocycles. The number of rotatable bonds is 3. The molecule has 2 nitrogen and oxygen atoms in total. The van der Waals surface area contributed by atoms with Crippen LogP contribution in [0.5, 0.6) is 5.75 Å². The number of nitrogens with two attached hydrogens (primary N) is 1. The lowest BCUT2D eigenvalue weighted by Gasteiger charge is -2.25. The van der Waals surface area contributed by atoms with Crippen LogP contribution in [0.3, 0.4) is 0 Å². The number of hydrogen-bond donors (Lipinski definition) is 1. The van der Waals surface area contributed by atoms with Gasteiger partial charge in [-0.1, -0.05) is 18.2 Å². The number of halogens is 3. The van der Waals surface area contributed by atoms with E-state index >= 15 is 0 Å². The molecule has 0 bridgehead atoms. The molecule has 1 aromatic rings. The third-order valence-corrected chi connectivity index (χ3v) is 2.15. The fourth-order valence-corrected chi connectivity index (χ4v) is 1.30. The highest BCUT2D eigenvalue weighted by Gasteiger charge is 2.44. The normalized spacial score (nSPS) is 15.6. The van der Waals surface area contributed by atoms with Gasteiger partial charge in [0.15, 0.2) is 0 Å². The van der Waals surface area contributed by atoms with E-state index in [0.717, 1.165) is 0 Å². The Labute approximate surface area is 92.2 Å². The monoisotopic (exact) mass is 233 g/mol. The summed E-state index contributed by atoms with van der Waals surface area (Å²) in [5, 5.41) is 0. The lowest BCUT2D eigenvalue weighted by atomic mass is 10.1. The predicted molar refractivity (Wildman–Crippen MR) is 55.3 cm³/mol. The third-order valence-electron chi connectivity index (χ3n) is 2.15. The van der Waals surface area contributed by atoms with Crippen LogP contribution in [0, 0.1) is 6.92 Å². The first-order valence-corrected chi connectivity index (χ1v) is 4.87. The van der Waals surface area contributed by atoms with Crippen LogP contribution in [-0.4, -0.2) is 18.3 Å². The summed E-state index contributed by atoms with van der Waals surface area (Å²) >= 11 is 0. The van der Waals surface area contributed by atoms with E-state index in [1.807, 2.05) is 0 Å². The Kier molecular flexibility index (Phi) is 3.80. The topological polar surface area (TPSA) is 35.2 Å². The zero-order chi connectivity index (χ0) is 12.3. The minimum atomic E-state index is -4.46. The maximum absolute atomic E-state index is 12.6. The van der Waals surface area contributed by atoms with Gasteiger partial charge >= 0.3 is 6.18 Å². The van der Waals surface area contributed by atoms with Crippen LogP contribution in [-0.2, 0) is 0 Å². The fourth-order valence-electron chi connectivity index (χ4n) is 1.30. The Morgan fingerprint density at radius 2 is 1.81 bits per heavy atom. The second-order valence-corrected chi connectivity index (χ2v) is 3.70. The van der Waals surface area contributed by atoms with Crippen molar-refractivity contribution in [1.29, 1.82) is 0 Å². The Hall–Kier alpha value is -1.23. The quantitative estimate of drug-likeness (QED) is 0.871. The molecule has 16 heavy (non-hydrogen) atoms. The van der Waals surface area contributed by atoms with Crippen LogP contribution in [0.2, 0.25) is 0 Å². The minimum absolute atomic E-state index is 0.210. The molecule has 0 fully saturated rings. The van der Waals surface area contributed by atoms with E-state index in [0.29, 0.717) is 5.56 Å². The molecular formula is C11H14F3NO. The molecule has 0 saturated heterocycles. The minimum Gasteiger partial charge on any atom is -0.479 e. The van der Waals surface area contributed by atoms with Crippen LogP contribution < -0.4 is 10.5 Å². The summed E-state index contributed by atoms with van der Waals surface area (Å²) in [6.45, 7) is 2.96. The molecule has 0 aliphatic heterocycles. The molecule has 0 amide bonds. The number of aryl methyl sites for hydroxylation is 1. The number of ether oxygens (including phenoxy) is 1. The smallest absolute Gasteiger partial charge is 0.426 e. The Morgan fingerprint density at radius 1 is 1.25 bits per heavy atom. The third kappa shape index (κ3) is 3.13. The van der Waals surface area contributed by atoms with Crippen molar-refractivity contribution >= 4 is 0 Å². The van der Waals surface area contributed by atoms with Gasteiger partial charge in [0, 0.05) is 6.04 Å². The van der Waals surface area contributed by atoms with Crippen LogP contribution in [0.4, 0.5) is 13.2 Å². The predicted octanol–water partition coefficient (Wildman–Crippen LogP) is 2.65. The molecule has 1 rings (SSSR count). The van der Waals surface area contributed by atoms with Gasteiger partial charge in [0.05, 0.1) is 0 Å². The Bertz CT molecular complexity index is 349. The molecule has 90 valence electrons. The summed E-state index contributed by atoms with van der Waals surface area (Å²) in [5.74, 6) is 0.210. The van der Waals surface area contributed by atoms with Crippen LogP contribution in [0.15, 0.2) is 24.3 Å². The lowest BCUT2D eigenvalue weighted by molar-refractivity contribution is -0.199. The molecule has 0 saturated carbocycles. The number of para-hydroxylation sites is 1. The second-order valence-electron chi connectivity index (χ2n) is 3.70. The Balaban J connectivity index is 2.89. The van der Waals surface area contributed by atoms with Crippen molar-refractivity contribution in [1.82, 2.24) is 0 Å². The first-order valence-electron chi connectivity index (χ1n) is 4.87. The summed E-state index contributed by atoms with van der Waals surface area (Å²) < 4.78 is 42.7. The summed E-state index contributed by atoms with van der Waals surface area (Å²) in [6.07, 6.45) is -6.44. The maximum atomic E-state index is 12.6. The standard InChI is InChI=1S/C11H14F3NO/c1-7-5-3-4-6-9(7)16-10(8(2)15)11(12,13)14/h3-6,8,10H,15H2,1-2H3.